The van der Waals surface area contributed by atoms with Crippen LogP contribution in [0.15, 0.2) is 54.9 Å². The van der Waals surface area contributed by atoms with E-state index in [0.717, 1.165) is 60.6 Å². The zero-order valence-electron chi connectivity index (χ0n) is 16.3. The molecular weight excluding hydrogens is 366 g/mol. The highest BCUT2D eigenvalue weighted by atomic mass is 16.5. The van der Waals surface area contributed by atoms with Gasteiger partial charge < -0.3 is 20.3 Å². The van der Waals surface area contributed by atoms with Gasteiger partial charge in [-0.1, -0.05) is 30.3 Å². The van der Waals surface area contributed by atoms with Crippen LogP contribution in [0.5, 0.6) is 0 Å². The van der Waals surface area contributed by atoms with Crippen molar-refractivity contribution in [2.24, 2.45) is 0 Å². The van der Waals surface area contributed by atoms with E-state index >= 15 is 0 Å². The van der Waals surface area contributed by atoms with Crippen LogP contribution < -0.4 is 15.5 Å². The van der Waals surface area contributed by atoms with Gasteiger partial charge in [0.15, 0.2) is 0 Å². The molecule has 1 aliphatic rings. The topological polar surface area (TPSA) is 79.4 Å². The summed E-state index contributed by atoms with van der Waals surface area (Å²) in [6.07, 6.45) is 4.34. The molecule has 0 atom stereocenters. The summed E-state index contributed by atoms with van der Waals surface area (Å²) in [4.78, 5) is 23.3. The van der Waals surface area contributed by atoms with Crippen molar-refractivity contribution in [3.63, 3.8) is 0 Å². The molecule has 29 heavy (non-hydrogen) atoms. The SMILES string of the molecule is O=C(NCCc1cccc2cccnc12)NCc1ccc(N2CCOCC2)nc1. The van der Waals surface area contributed by atoms with E-state index in [2.05, 4.69) is 31.6 Å². The predicted molar refractivity (Wildman–Crippen MR) is 113 cm³/mol. The number of urea groups is 1. The summed E-state index contributed by atoms with van der Waals surface area (Å²) in [5.41, 5.74) is 3.09. The molecule has 7 heteroatoms. The molecule has 0 spiro atoms. The number of para-hydroxylation sites is 1. The van der Waals surface area contributed by atoms with E-state index < -0.39 is 0 Å². The Morgan fingerprint density at radius 2 is 1.90 bits per heavy atom. The fourth-order valence-electron chi connectivity index (χ4n) is 3.43. The lowest BCUT2D eigenvalue weighted by atomic mass is 10.1. The van der Waals surface area contributed by atoms with E-state index in [-0.39, 0.29) is 6.03 Å². The van der Waals surface area contributed by atoms with Gasteiger partial charge in [-0.25, -0.2) is 9.78 Å². The van der Waals surface area contributed by atoms with Crippen LogP contribution in [-0.4, -0.2) is 48.8 Å². The smallest absolute Gasteiger partial charge is 0.315 e. The maximum atomic E-state index is 12.1. The Morgan fingerprint density at radius 3 is 2.72 bits per heavy atom. The van der Waals surface area contributed by atoms with Gasteiger partial charge in [0, 0.05) is 44.0 Å². The predicted octanol–water partition coefficient (Wildman–Crippen LogP) is 2.51. The average molecular weight is 391 g/mol. The van der Waals surface area contributed by atoms with Gasteiger partial charge in [0.2, 0.25) is 0 Å². The molecule has 1 fully saturated rings. The highest BCUT2D eigenvalue weighted by Gasteiger charge is 2.12. The van der Waals surface area contributed by atoms with Crippen LogP contribution in [0.4, 0.5) is 10.6 Å². The van der Waals surface area contributed by atoms with Gasteiger partial charge in [-0.2, -0.15) is 0 Å². The molecule has 2 N–H and O–H groups in total. The lowest BCUT2D eigenvalue weighted by Crippen LogP contribution is -2.37. The Bertz CT molecular complexity index is 950. The van der Waals surface area contributed by atoms with Crippen molar-refractivity contribution in [1.82, 2.24) is 20.6 Å². The number of hydrogen-bond acceptors (Lipinski definition) is 5. The van der Waals surface area contributed by atoms with Crippen LogP contribution in [-0.2, 0) is 17.7 Å². The summed E-state index contributed by atoms with van der Waals surface area (Å²) in [6, 6.07) is 13.9. The Balaban J connectivity index is 1.23. The number of benzene rings is 1. The number of carbonyl (C=O) groups is 1. The van der Waals surface area contributed by atoms with Crippen molar-refractivity contribution in [1.29, 1.82) is 0 Å². The van der Waals surface area contributed by atoms with Gasteiger partial charge in [0.1, 0.15) is 5.82 Å². The third-order valence-electron chi connectivity index (χ3n) is 4.99. The summed E-state index contributed by atoms with van der Waals surface area (Å²) in [6.45, 7) is 4.19. The minimum atomic E-state index is -0.185. The fourth-order valence-corrected chi connectivity index (χ4v) is 3.43. The number of ether oxygens (including phenoxy) is 1. The maximum absolute atomic E-state index is 12.1. The van der Waals surface area contributed by atoms with Crippen LogP contribution >= 0.6 is 0 Å². The molecule has 0 bridgehead atoms. The van der Waals surface area contributed by atoms with Gasteiger partial charge >= 0.3 is 6.03 Å². The maximum Gasteiger partial charge on any atom is 0.315 e. The zero-order chi connectivity index (χ0) is 19.9. The van der Waals surface area contributed by atoms with E-state index in [1.165, 1.54) is 0 Å². The molecule has 1 aromatic carbocycles. The third kappa shape index (κ3) is 5.00. The highest BCUT2D eigenvalue weighted by molar-refractivity contribution is 5.81. The van der Waals surface area contributed by atoms with Crippen molar-refractivity contribution in [2.75, 3.05) is 37.7 Å². The molecular formula is C22H25N5O2. The Labute approximate surface area is 170 Å². The first-order chi connectivity index (χ1) is 14.3. The van der Waals surface area contributed by atoms with Crippen LogP contribution in [0.1, 0.15) is 11.1 Å². The lowest BCUT2D eigenvalue weighted by Gasteiger charge is -2.27. The van der Waals surface area contributed by atoms with Crippen molar-refractivity contribution in [3.8, 4) is 0 Å². The van der Waals surface area contributed by atoms with Gasteiger partial charge in [-0.05, 0) is 29.7 Å². The van der Waals surface area contributed by atoms with Gasteiger partial charge in [-0.3, -0.25) is 4.98 Å². The minimum absolute atomic E-state index is 0.185. The van der Waals surface area contributed by atoms with Gasteiger partial charge in [0.05, 0.1) is 18.7 Å². The molecule has 150 valence electrons. The van der Waals surface area contributed by atoms with Crippen molar-refractivity contribution >= 4 is 22.8 Å². The van der Waals surface area contributed by atoms with E-state index in [9.17, 15) is 4.79 Å². The van der Waals surface area contributed by atoms with Gasteiger partial charge in [-0.15, -0.1) is 0 Å². The second-order valence-corrected chi connectivity index (χ2v) is 6.98. The number of pyridine rings is 2. The number of amides is 2. The number of morpholine rings is 1. The first-order valence-corrected chi connectivity index (χ1v) is 9.91. The summed E-state index contributed by atoms with van der Waals surface area (Å²) in [7, 11) is 0. The number of aromatic nitrogens is 2. The number of nitrogens with one attached hydrogen (secondary N) is 2. The summed E-state index contributed by atoms with van der Waals surface area (Å²) < 4.78 is 5.36. The summed E-state index contributed by atoms with van der Waals surface area (Å²) in [5.74, 6) is 0.949. The monoisotopic (exact) mass is 391 g/mol. The van der Waals surface area contributed by atoms with Crippen LogP contribution in [0.2, 0.25) is 0 Å². The molecule has 7 nitrogen and oxygen atoms in total. The molecule has 2 aromatic heterocycles. The number of nitrogens with zero attached hydrogens (tertiary/aromatic N) is 3. The number of rotatable bonds is 6. The molecule has 0 radical (unpaired) electrons. The van der Waals surface area contributed by atoms with Crippen molar-refractivity contribution < 1.29 is 9.53 Å². The molecule has 2 amide bonds. The molecule has 4 rings (SSSR count). The molecule has 1 aliphatic heterocycles. The third-order valence-corrected chi connectivity index (χ3v) is 4.99. The fraction of sp³-hybridized carbons (Fsp3) is 0.318. The van der Waals surface area contributed by atoms with Crippen molar-refractivity contribution in [2.45, 2.75) is 13.0 Å². The van der Waals surface area contributed by atoms with Crippen LogP contribution in [0.25, 0.3) is 10.9 Å². The number of fused-ring (bicyclic) bond motifs is 1. The number of anilines is 1. The van der Waals surface area contributed by atoms with E-state index in [1.807, 2.05) is 42.6 Å². The Hall–Kier alpha value is -3.19. The molecule has 0 aliphatic carbocycles. The summed E-state index contributed by atoms with van der Waals surface area (Å²) in [5, 5.41) is 6.90. The van der Waals surface area contributed by atoms with Crippen molar-refractivity contribution in [3.05, 3.63) is 66.0 Å². The Morgan fingerprint density at radius 1 is 1.03 bits per heavy atom. The number of carbonyl (C=O) groups excluding carboxylic acids is 1. The summed E-state index contributed by atoms with van der Waals surface area (Å²) >= 11 is 0. The van der Waals surface area contributed by atoms with E-state index in [4.69, 9.17) is 4.74 Å². The first kappa shape index (κ1) is 19.1. The van der Waals surface area contributed by atoms with Crippen LogP contribution in [0, 0.1) is 0 Å². The van der Waals surface area contributed by atoms with Gasteiger partial charge in [0.25, 0.3) is 0 Å². The molecule has 3 aromatic rings. The first-order valence-electron chi connectivity index (χ1n) is 9.91. The quantitative estimate of drug-likeness (QED) is 0.675. The lowest BCUT2D eigenvalue weighted by molar-refractivity contribution is 0.122. The Kier molecular flexibility index (Phi) is 6.16. The zero-order valence-corrected chi connectivity index (χ0v) is 16.3. The second-order valence-electron chi connectivity index (χ2n) is 6.98. The number of hydrogen-bond donors (Lipinski definition) is 2. The molecule has 1 saturated heterocycles. The molecule has 3 heterocycles. The standard InChI is InChI=1S/C22H25N5O2/c28-22(24-10-8-19-4-1-3-18-5-2-9-23-21(18)19)26-16-17-6-7-20(25-15-17)27-11-13-29-14-12-27/h1-7,9,15H,8,10-14,16H2,(H2,24,26,28). The minimum Gasteiger partial charge on any atom is -0.378 e. The largest absolute Gasteiger partial charge is 0.378 e. The van der Waals surface area contributed by atoms with E-state index in [1.54, 1.807) is 6.20 Å². The molecule has 0 saturated carbocycles. The average Bonchev–Trinajstić information content (AvgIpc) is 2.79. The molecule has 0 unspecified atom stereocenters. The normalized spacial score (nSPS) is 14.0. The highest BCUT2D eigenvalue weighted by Crippen LogP contribution is 2.16. The van der Waals surface area contributed by atoms with Crippen LogP contribution in [0.3, 0.4) is 0 Å². The van der Waals surface area contributed by atoms with E-state index in [0.29, 0.717) is 13.1 Å². The second kappa shape index (κ2) is 9.34.